The lowest BCUT2D eigenvalue weighted by Gasteiger charge is -2.00. The molecule has 2 rings (SSSR count). The monoisotopic (exact) mass is 306 g/mol. The van der Waals surface area contributed by atoms with Gasteiger partial charge in [0.2, 0.25) is 0 Å². The summed E-state index contributed by atoms with van der Waals surface area (Å²) in [6, 6.07) is 14.9. The highest BCUT2D eigenvalue weighted by Gasteiger charge is 2.01. The number of hydrogen-bond donors (Lipinski definition) is 0. The number of ether oxygens (including phenoxy) is 2. The Bertz CT molecular complexity index is 757. The van der Waals surface area contributed by atoms with Gasteiger partial charge < -0.3 is 9.47 Å². The second kappa shape index (κ2) is 7.86. The molecule has 116 valence electrons. The summed E-state index contributed by atoms with van der Waals surface area (Å²) < 4.78 is 10.2. The van der Waals surface area contributed by atoms with E-state index in [1.807, 2.05) is 48.5 Å². The standard InChI is InChI=1S/C20H18O3/c1-15(21)18(14-17-7-12-20(23-3)13-8-17)9-4-16-5-10-19(22-2)11-6-16/h5-8,10-14H,1-3H3/b18-14-. The minimum absolute atomic E-state index is 0.0678. The van der Waals surface area contributed by atoms with E-state index in [0.29, 0.717) is 5.57 Å². The highest BCUT2D eigenvalue weighted by molar-refractivity contribution is 6.02. The first kappa shape index (κ1) is 16.4. The summed E-state index contributed by atoms with van der Waals surface area (Å²) in [6.45, 7) is 1.51. The summed E-state index contributed by atoms with van der Waals surface area (Å²) in [7, 11) is 3.23. The molecule has 23 heavy (non-hydrogen) atoms. The number of ketones is 1. The quantitative estimate of drug-likeness (QED) is 0.638. The number of carbonyl (C=O) groups excluding carboxylic acids is 1. The first-order valence-corrected chi connectivity index (χ1v) is 7.15. The van der Waals surface area contributed by atoms with Gasteiger partial charge in [0.05, 0.1) is 19.8 Å². The molecular formula is C20H18O3. The highest BCUT2D eigenvalue weighted by Crippen LogP contribution is 2.15. The number of allylic oxidation sites excluding steroid dienone is 1. The Kier molecular flexibility index (Phi) is 5.60. The fourth-order valence-electron chi connectivity index (χ4n) is 1.91. The van der Waals surface area contributed by atoms with E-state index in [1.54, 1.807) is 20.3 Å². The van der Waals surface area contributed by atoms with E-state index >= 15 is 0 Å². The Balaban J connectivity index is 2.25. The average molecular weight is 306 g/mol. The van der Waals surface area contributed by atoms with E-state index < -0.39 is 0 Å². The van der Waals surface area contributed by atoms with Crippen LogP contribution in [0.5, 0.6) is 11.5 Å². The largest absolute Gasteiger partial charge is 0.497 e. The van der Waals surface area contributed by atoms with Crippen molar-refractivity contribution in [1.29, 1.82) is 0 Å². The Labute approximate surface area is 136 Å². The maximum absolute atomic E-state index is 11.8. The summed E-state index contributed by atoms with van der Waals surface area (Å²) in [5.41, 5.74) is 2.19. The average Bonchev–Trinajstić information content (AvgIpc) is 2.59. The SMILES string of the molecule is COc1ccc(C#C/C(=C/c2ccc(OC)cc2)C(C)=O)cc1. The number of carbonyl (C=O) groups is 1. The van der Waals surface area contributed by atoms with Gasteiger partial charge in [-0.2, -0.15) is 0 Å². The van der Waals surface area contributed by atoms with Gasteiger partial charge in [-0.15, -0.1) is 0 Å². The van der Waals surface area contributed by atoms with Crippen molar-refractivity contribution in [3.63, 3.8) is 0 Å². The summed E-state index contributed by atoms with van der Waals surface area (Å²) in [4.78, 5) is 11.8. The van der Waals surface area contributed by atoms with Crippen LogP contribution in [0.1, 0.15) is 18.1 Å². The zero-order valence-corrected chi connectivity index (χ0v) is 13.4. The van der Waals surface area contributed by atoms with Gasteiger partial charge in [0.25, 0.3) is 0 Å². The number of Topliss-reactive ketones (excluding diaryl/α,β-unsaturated/α-hetero) is 1. The van der Waals surface area contributed by atoms with Crippen LogP contribution in [0.25, 0.3) is 6.08 Å². The van der Waals surface area contributed by atoms with Gasteiger partial charge in [-0.1, -0.05) is 24.0 Å². The van der Waals surface area contributed by atoms with Crippen molar-refractivity contribution in [3.8, 4) is 23.3 Å². The van der Waals surface area contributed by atoms with Crippen molar-refractivity contribution in [2.45, 2.75) is 6.92 Å². The van der Waals surface area contributed by atoms with Crippen LogP contribution >= 0.6 is 0 Å². The molecular weight excluding hydrogens is 288 g/mol. The van der Waals surface area contributed by atoms with Crippen LogP contribution in [-0.4, -0.2) is 20.0 Å². The minimum atomic E-state index is -0.0678. The Morgan fingerprint density at radius 1 is 0.913 bits per heavy atom. The molecule has 0 fully saturated rings. The summed E-state index contributed by atoms with van der Waals surface area (Å²) in [5, 5.41) is 0. The lowest BCUT2D eigenvalue weighted by molar-refractivity contribution is -0.113. The molecule has 0 saturated carbocycles. The van der Waals surface area contributed by atoms with Gasteiger partial charge in [0.1, 0.15) is 11.5 Å². The fourth-order valence-corrected chi connectivity index (χ4v) is 1.91. The predicted octanol–water partition coefficient (Wildman–Crippen LogP) is 3.73. The summed E-state index contributed by atoms with van der Waals surface area (Å²) >= 11 is 0. The molecule has 0 bridgehead atoms. The van der Waals surface area contributed by atoms with Gasteiger partial charge in [-0.3, -0.25) is 4.79 Å². The normalized spacial score (nSPS) is 10.5. The number of rotatable bonds is 4. The van der Waals surface area contributed by atoms with Crippen molar-refractivity contribution in [2.75, 3.05) is 14.2 Å². The summed E-state index contributed by atoms with van der Waals surface area (Å²) in [5.74, 6) is 7.42. The molecule has 0 aromatic heterocycles. The molecule has 0 radical (unpaired) electrons. The molecule has 3 nitrogen and oxygen atoms in total. The van der Waals surface area contributed by atoms with Crippen LogP contribution < -0.4 is 9.47 Å². The van der Waals surface area contributed by atoms with Gasteiger partial charge in [-0.05, 0) is 55.0 Å². The summed E-state index contributed by atoms with van der Waals surface area (Å²) in [6.07, 6.45) is 1.78. The third-order valence-corrected chi connectivity index (χ3v) is 3.24. The van der Waals surface area contributed by atoms with E-state index in [1.165, 1.54) is 6.92 Å². The van der Waals surface area contributed by atoms with Crippen LogP contribution in [0, 0.1) is 11.8 Å². The van der Waals surface area contributed by atoms with Crippen LogP contribution in [0.2, 0.25) is 0 Å². The van der Waals surface area contributed by atoms with Gasteiger partial charge in [0.15, 0.2) is 5.78 Å². The topological polar surface area (TPSA) is 35.5 Å². The van der Waals surface area contributed by atoms with Crippen LogP contribution in [0.4, 0.5) is 0 Å². The van der Waals surface area contributed by atoms with Gasteiger partial charge in [-0.25, -0.2) is 0 Å². The van der Waals surface area contributed by atoms with E-state index in [2.05, 4.69) is 11.8 Å². The first-order valence-electron chi connectivity index (χ1n) is 7.15. The first-order chi connectivity index (χ1) is 11.1. The molecule has 0 amide bonds. The van der Waals surface area contributed by atoms with Crippen molar-refractivity contribution in [1.82, 2.24) is 0 Å². The number of hydrogen-bond acceptors (Lipinski definition) is 3. The van der Waals surface area contributed by atoms with Crippen molar-refractivity contribution in [3.05, 3.63) is 65.2 Å². The smallest absolute Gasteiger partial charge is 0.168 e. The van der Waals surface area contributed by atoms with Gasteiger partial charge >= 0.3 is 0 Å². The molecule has 0 unspecified atom stereocenters. The molecule has 0 aliphatic carbocycles. The molecule has 0 spiro atoms. The molecule has 0 N–H and O–H groups in total. The maximum Gasteiger partial charge on any atom is 0.168 e. The van der Waals surface area contributed by atoms with Crippen molar-refractivity contribution >= 4 is 11.9 Å². The van der Waals surface area contributed by atoms with Crippen LogP contribution in [-0.2, 0) is 4.79 Å². The molecule has 0 aliphatic heterocycles. The van der Waals surface area contributed by atoms with Crippen LogP contribution in [0.3, 0.4) is 0 Å². The lowest BCUT2D eigenvalue weighted by Crippen LogP contribution is -1.94. The minimum Gasteiger partial charge on any atom is -0.497 e. The van der Waals surface area contributed by atoms with Crippen LogP contribution in [0.15, 0.2) is 54.1 Å². The van der Waals surface area contributed by atoms with E-state index in [9.17, 15) is 4.79 Å². The van der Waals surface area contributed by atoms with Crippen molar-refractivity contribution in [2.24, 2.45) is 0 Å². The number of methoxy groups -OCH3 is 2. The molecule has 0 heterocycles. The molecule has 2 aromatic carbocycles. The third-order valence-electron chi connectivity index (χ3n) is 3.24. The third kappa shape index (κ3) is 4.76. The highest BCUT2D eigenvalue weighted by atomic mass is 16.5. The Morgan fingerprint density at radius 3 is 1.91 bits per heavy atom. The molecule has 0 aliphatic rings. The lowest BCUT2D eigenvalue weighted by atomic mass is 10.1. The van der Waals surface area contributed by atoms with E-state index in [4.69, 9.17) is 9.47 Å². The molecule has 3 heteroatoms. The van der Waals surface area contributed by atoms with Crippen molar-refractivity contribution < 1.29 is 14.3 Å². The Morgan fingerprint density at radius 2 is 1.43 bits per heavy atom. The van der Waals surface area contributed by atoms with E-state index in [0.717, 1.165) is 22.6 Å². The molecule has 2 aromatic rings. The molecule has 0 saturated heterocycles. The second-order valence-electron chi connectivity index (χ2n) is 4.87. The second-order valence-corrected chi connectivity index (χ2v) is 4.87. The van der Waals surface area contributed by atoms with E-state index in [-0.39, 0.29) is 5.78 Å². The van der Waals surface area contributed by atoms with Gasteiger partial charge in [0, 0.05) is 5.56 Å². The Hall–Kier alpha value is -2.99. The predicted molar refractivity (Wildman–Crippen MR) is 91.5 cm³/mol. The molecule has 0 atom stereocenters. The number of benzene rings is 2. The zero-order valence-electron chi connectivity index (χ0n) is 13.4. The fraction of sp³-hybridized carbons (Fsp3) is 0.150. The zero-order chi connectivity index (χ0) is 16.7. The maximum atomic E-state index is 11.8.